The van der Waals surface area contributed by atoms with Crippen molar-refractivity contribution in [2.24, 2.45) is 5.90 Å². The maximum absolute atomic E-state index is 13.8. The highest BCUT2D eigenvalue weighted by atomic mass is 19.1. The fourth-order valence-electron chi connectivity index (χ4n) is 1.91. The summed E-state index contributed by atoms with van der Waals surface area (Å²) in [5, 5.41) is 8.93. The number of carboxylic acids is 1. The van der Waals surface area contributed by atoms with Gasteiger partial charge in [0.1, 0.15) is 11.6 Å². The van der Waals surface area contributed by atoms with Crippen LogP contribution < -0.4 is 5.90 Å². The number of halogens is 2. The summed E-state index contributed by atoms with van der Waals surface area (Å²) in [5.41, 5.74) is 0.981. The molecule has 0 aliphatic rings. The van der Waals surface area contributed by atoms with Crippen molar-refractivity contribution in [2.45, 2.75) is 6.61 Å². The molecule has 0 amide bonds. The molecule has 0 radical (unpaired) electrons. The smallest absolute Gasteiger partial charge is 0.335 e. The van der Waals surface area contributed by atoms with E-state index in [-0.39, 0.29) is 17.7 Å². The van der Waals surface area contributed by atoms with Crippen molar-refractivity contribution in [3.8, 4) is 11.1 Å². The topological polar surface area (TPSA) is 72.5 Å². The molecule has 0 saturated heterocycles. The van der Waals surface area contributed by atoms with Crippen LogP contribution in [0, 0.1) is 11.6 Å². The summed E-state index contributed by atoms with van der Waals surface area (Å²) in [4.78, 5) is 15.4. The second kappa shape index (κ2) is 5.77. The van der Waals surface area contributed by atoms with Gasteiger partial charge in [0.15, 0.2) is 0 Å². The molecular formula is C14H11F2NO3. The Morgan fingerprint density at radius 2 is 1.85 bits per heavy atom. The number of rotatable bonds is 4. The molecular weight excluding hydrogens is 268 g/mol. The summed E-state index contributed by atoms with van der Waals surface area (Å²) in [6, 6.07) is 7.27. The largest absolute Gasteiger partial charge is 0.478 e. The van der Waals surface area contributed by atoms with Crippen LogP contribution in [0.5, 0.6) is 0 Å². The van der Waals surface area contributed by atoms with E-state index in [0.717, 1.165) is 12.1 Å². The maximum atomic E-state index is 13.8. The molecule has 0 unspecified atom stereocenters. The number of hydrogen-bond donors (Lipinski definition) is 2. The van der Waals surface area contributed by atoms with E-state index in [1.807, 2.05) is 0 Å². The zero-order chi connectivity index (χ0) is 14.7. The molecule has 0 spiro atoms. The van der Waals surface area contributed by atoms with Crippen molar-refractivity contribution in [3.05, 3.63) is 59.2 Å². The molecule has 0 aliphatic heterocycles. The van der Waals surface area contributed by atoms with Gasteiger partial charge in [-0.15, -0.1) is 0 Å². The van der Waals surface area contributed by atoms with Gasteiger partial charge in [0, 0.05) is 11.6 Å². The Balaban J connectivity index is 2.57. The molecule has 4 nitrogen and oxygen atoms in total. The van der Waals surface area contributed by atoms with Crippen LogP contribution in [0.3, 0.4) is 0 Å². The van der Waals surface area contributed by atoms with Gasteiger partial charge in [-0.2, -0.15) is 0 Å². The van der Waals surface area contributed by atoms with E-state index in [2.05, 4.69) is 4.84 Å². The van der Waals surface area contributed by atoms with Crippen LogP contribution in [-0.2, 0) is 11.4 Å². The van der Waals surface area contributed by atoms with Crippen molar-refractivity contribution < 1.29 is 23.5 Å². The Kier molecular flexibility index (Phi) is 4.07. The van der Waals surface area contributed by atoms with Gasteiger partial charge in [0.25, 0.3) is 0 Å². The van der Waals surface area contributed by atoms with Crippen molar-refractivity contribution in [2.75, 3.05) is 0 Å². The maximum Gasteiger partial charge on any atom is 0.335 e. The van der Waals surface area contributed by atoms with Crippen LogP contribution in [-0.4, -0.2) is 11.1 Å². The van der Waals surface area contributed by atoms with Crippen molar-refractivity contribution in [1.82, 2.24) is 0 Å². The van der Waals surface area contributed by atoms with Crippen LogP contribution in [0.1, 0.15) is 15.9 Å². The number of nitrogens with two attached hydrogens (primary N) is 1. The highest BCUT2D eigenvalue weighted by molar-refractivity contribution is 5.89. The van der Waals surface area contributed by atoms with Crippen molar-refractivity contribution >= 4 is 5.97 Å². The molecule has 0 aromatic heterocycles. The van der Waals surface area contributed by atoms with Gasteiger partial charge >= 0.3 is 5.97 Å². The first-order valence-electron chi connectivity index (χ1n) is 5.66. The van der Waals surface area contributed by atoms with Crippen LogP contribution in [0.15, 0.2) is 36.4 Å². The number of carbonyl (C=O) groups is 1. The fraction of sp³-hybridized carbons (Fsp3) is 0.0714. The average Bonchev–Trinajstić information content (AvgIpc) is 2.39. The van der Waals surface area contributed by atoms with E-state index >= 15 is 0 Å². The van der Waals surface area contributed by atoms with Gasteiger partial charge in [-0.1, -0.05) is 6.07 Å². The number of benzene rings is 2. The summed E-state index contributed by atoms with van der Waals surface area (Å²) in [5.74, 6) is 2.44. The first-order chi connectivity index (χ1) is 9.52. The minimum Gasteiger partial charge on any atom is -0.478 e. The third-order valence-corrected chi connectivity index (χ3v) is 2.81. The standard InChI is InChI=1S/C14H11F2NO3/c15-10-2-4-12(13(16)6-10)11-3-1-8(14(18)19)5-9(11)7-20-17/h1-6H,7,17H2,(H,18,19). The summed E-state index contributed by atoms with van der Waals surface area (Å²) in [6.45, 7) is -0.0900. The normalized spacial score (nSPS) is 10.6. The second-order valence-corrected chi connectivity index (χ2v) is 4.11. The summed E-state index contributed by atoms with van der Waals surface area (Å²) in [6.07, 6.45) is 0. The summed E-state index contributed by atoms with van der Waals surface area (Å²) in [7, 11) is 0. The van der Waals surface area contributed by atoms with E-state index in [4.69, 9.17) is 11.0 Å². The molecule has 2 aromatic rings. The first kappa shape index (κ1) is 14.1. The van der Waals surface area contributed by atoms with Gasteiger partial charge in [0.05, 0.1) is 12.2 Å². The predicted molar refractivity (Wildman–Crippen MR) is 67.7 cm³/mol. The Morgan fingerprint density at radius 3 is 2.45 bits per heavy atom. The highest BCUT2D eigenvalue weighted by Gasteiger charge is 2.13. The minimum absolute atomic E-state index is 0.0309. The van der Waals surface area contributed by atoms with Crippen LogP contribution in [0.25, 0.3) is 11.1 Å². The lowest BCUT2D eigenvalue weighted by Crippen LogP contribution is -2.04. The molecule has 0 atom stereocenters. The molecule has 2 aromatic carbocycles. The Morgan fingerprint density at radius 1 is 1.15 bits per heavy atom. The number of carboxylic acid groups (broad SMARTS) is 1. The number of aromatic carboxylic acids is 1. The molecule has 0 fully saturated rings. The van der Waals surface area contributed by atoms with Gasteiger partial charge in [-0.25, -0.2) is 19.5 Å². The van der Waals surface area contributed by atoms with Crippen molar-refractivity contribution in [1.29, 1.82) is 0 Å². The minimum atomic E-state index is -1.12. The third-order valence-electron chi connectivity index (χ3n) is 2.81. The second-order valence-electron chi connectivity index (χ2n) is 4.11. The quantitative estimate of drug-likeness (QED) is 0.844. The van der Waals surface area contributed by atoms with E-state index < -0.39 is 17.6 Å². The molecule has 0 aliphatic carbocycles. The van der Waals surface area contributed by atoms with Gasteiger partial charge in [-0.3, -0.25) is 4.84 Å². The number of hydrogen-bond acceptors (Lipinski definition) is 3. The van der Waals surface area contributed by atoms with Gasteiger partial charge in [0.2, 0.25) is 0 Å². The monoisotopic (exact) mass is 279 g/mol. The lowest BCUT2D eigenvalue weighted by atomic mass is 9.97. The molecule has 0 heterocycles. The van der Waals surface area contributed by atoms with Crippen molar-refractivity contribution in [3.63, 3.8) is 0 Å². The first-order valence-corrected chi connectivity index (χ1v) is 5.66. The highest BCUT2D eigenvalue weighted by Crippen LogP contribution is 2.28. The van der Waals surface area contributed by atoms with Crippen LogP contribution >= 0.6 is 0 Å². The predicted octanol–water partition coefficient (Wildman–Crippen LogP) is 2.72. The molecule has 2 rings (SSSR count). The molecule has 104 valence electrons. The van der Waals surface area contributed by atoms with E-state index in [9.17, 15) is 13.6 Å². The van der Waals surface area contributed by atoms with Crippen LogP contribution in [0.4, 0.5) is 8.78 Å². The molecule has 20 heavy (non-hydrogen) atoms. The SMILES string of the molecule is NOCc1cc(C(=O)O)ccc1-c1ccc(F)cc1F. The summed E-state index contributed by atoms with van der Waals surface area (Å²) < 4.78 is 26.7. The molecule has 6 heteroatoms. The van der Waals surface area contributed by atoms with Gasteiger partial charge < -0.3 is 5.11 Å². The molecule has 0 saturated carbocycles. The lowest BCUT2D eigenvalue weighted by molar-refractivity contribution is 0.0696. The lowest BCUT2D eigenvalue weighted by Gasteiger charge is -2.11. The van der Waals surface area contributed by atoms with Crippen LogP contribution in [0.2, 0.25) is 0 Å². The average molecular weight is 279 g/mol. The van der Waals surface area contributed by atoms with E-state index in [0.29, 0.717) is 11.1 Å². The Labute approximate surface area is 113 Å². The third kappa shape index (κ3) is 2.81. The summed E-state index contributed by atoms with van der Waals surface area (Å²) >= 11 is 0. The zero-order valence-corrected chi connectivity index (χ0v) is 10.3. The Bertz CT molecular complexity index is 659. The van der Waals surface area contributed by atoms with E-state index in [1.54, 1.807) is 0 Å². The van der Waals surface area contributed by atoms with Gasteiger partial charge in [-0.05, 0) is 35.4 Å². The zero-order valence-electron chi connectivity index (χ0n) is 10.3. The molecule has 3 N–H and O–H groups in total. The fourth-order valence-corrected chi connectivity index (χ4v) is 1.91. The van der Waals surface area contributed by atoms with E-state index in [1.165, 1.54) is 24.3 Å². The molecule has 0 bridgehead atoms. The Hall–Kier alpha value is -2.31.